The van der Waals surface area contributed by atoms with Gasteiger partial charge in [-0.15, -0.1) is 0 Å². The molecule has 20 heavy (non-hydrogen) atoms. The van der Waals surface area contributed by atoms with Crippen molar-refractivity contribution in [3.63, 3.8) is 0 Å². The minimum Gasteiger partial charge on any atom is -0.489 e. The molecule has 0 atom stereocenters. The summed E-state index contributed by atoms with van der Waals surface area (Å²) in [6, 6.07) is 13.3. The van der Waals surface area contributed by atoms with Gasteiger partial charge >= 0.3 is 0 Å². The van der Waals surface area contributed by atoms with Gasteiger partial charge in [0.2, 0.25) is 5.91 Å². The Morgan fingerprint density at radius 2 is 1.90 bits per heavy atom. The summed E-state index contributed by atoms with van der Waals surface area (Å²) in [5.41, 5.74) is 2.99. The molecule has 3 nitrogen and oxygen atoms in total. The molecule has 0 radical (unpaired) electrons. The first kappa shape index (κ1) is 13.0. The lowest BCUT2D eigenvalue weighted by Gasteiger charge is -2.20. The SMILES string of the molecule is O=C1CCc2c(cccc2OCc2ccc(Cl)cc2)N1. The van der Waals surface area contributed by atoms with Gasteiger partial charge in [0.25, 0.3) is 0 Å². The smallest absolute Gasteiger partial charge is 0.224 e. The van der Waals surface area contributed by atoms with E-state index in [9.17, 15) is 4.79 Å². The highest BCUT2D eigenvalue weighted by atomic mass is 35.5. The van der Waals surface area contributed by atoms with Gasteiger partial charge in [0.15, 0.2) is 0 Å². The molecule has 102 valence electrons. The maximum atomic E-state index is 11.4. The molecule has 1 heterocycles. The van der Waals surface area contributed by atoms with E-state index < -0.39 is 0 Å². The van der Waals surface area contributed by atoms with Crippen LogP contribution in [0, 0.1) is 0 Å². The maximum absolute atomic E-state index is 11.4. The fourth-order valence-corrected chi connectivity index (χ4v) is 2.39. The van der Waals surface area contributed by atoms with Crippen LogP contribution in [0.5, 0.6) is 5.75 Å². The van der Waals surface area contributed by atoms with Crippen molar-refractivity contribution >= 4 is 23.2 Å². The van der Waals surface area contributed by atoms with E-state index in [0.29, 0.717) is 18.1 Å². The second-order valence-electron chi connectivity index (χ2n) is 4.75. The maximum Gasteiger partial charge on any atom is 0.224 e. The van der Waals surface area contributed by atoms with E-state index in [1.807, 2.05) is 42.5 Å². The van der Waals surface area contributed by atoms with Crippen molar-refractivity contribution in [2.45, 2.75) is 19.4 Å². The van der Waals surface area contributed by atoms with Gasteiger partial charge in [-0.3, -0.25) is 4.79 Å². The van der Waals surface area contributed by atoms with Crippen molar-refractivity contribution in [3.05, 3.63) is 58.6 Å². The average molecular weight is 288 g/mol. The monoisotopic (exact) mass is 287 g/mol. The van der Waals surface area contributed by atoms with Crippen LogP contribution < -0.4 is 10.1 Å². The molecule has 1 N–H and O–H groups in total. The summed E-state index contributed by atoms with van der Waals surface area (Å²) in [5, 5.41) is 3.59. The predicted molar refractivity (Wildman–Crippen MR) is 79.2 cm³/mol. The van der Waals surface area contributed by atoms with E-state index in [0.717, 1.165) is 29.0 Å². The van der Waals surface area contributed by atoms with Crippen molar-refractivity contribution in [3.8, 4) is 5.75 Å². The van der Waals surface area contributed by atoms with Crippen molar-refractivity contribution in [2.75, 3.05) is 5.32 Å². The number of fused-ring (bicyclic) bond motifs is 1. The van der Waals surface area contributed by atoms with Gasteiger partial charge in [0, 0.05) is 22.7 Å². The van der Waals surface area contributed by atoms with Gasteiger partial charge in [-0.25, -0.2) is 0 Å². The number of amides is 1. The Labute approximate surface area is 122 Å². The number of ether oxygens (including phenoxy) is 1. The van der Waals surface area contributed by atoms with Crippen molar-refractivity contribution in [2.24, 2.45) is 0 Å². The summed E-state index contributed by atoms with van der Waals surface area (Å²) in [6.45, 7) is 0.488. The standard InChI is InChI=1S/C16H14ClNO2/c17-12-6-4-11(5-7-12)10-20-15-3-1-2-14-13(15)8-9-16(19)18-14/h1-7H,8-10H2,(H,18,19). The second-order valence-corrected chi connectivity index (χ2v) is 5.18. The molecule has 0 unspecified atom stereocenters. The van der Waals surface area contributed by atoms with Gasteiger partial charge in [-0.1, -0.05) is 29.8 Å². The van der Waals surface area contributed by atoms with Crippen molar-refractivity contribution in [1.82, 2.24) is 0 Å². The number of nitrogens with one attached hydrogen (secondary N) is 1. The van der Waals surface area contributed by atoms with Gasteiger partial charge in [0.05, 0.1) is 0 Å². The number of hydrogen-bond donors (Lipinski definition) is 1. The lowest BCUT2D eigenvalue weighted by Crippen LogP contribution is -2.19. The summed E-state index contributed by atoms with van der Waals surface area (Å²) < 4.78 is 5.87. The molecule has 0 bridgehead atoms. The lowest BCUT2D eigenvalue weighted by molar-refractivity contribution is -0.116. The zero-order valence-electron chi connectivity index (χ0n) is 10.9. The molecular formula is C16H14ClNO2. The van der Waals surface area contributed by atoms with Crippen LogP contribution in [0.15, 0.2) is 42.5 Å². The Morgan fingerprint density at radius 3 is 2.70 bits per heavy atom. The number of anilines is 1. The molecule has 1 aliphatic heterocycles. The molecule has 3 rings (SSSR count). The Hall–Kier alpha value is -2.00. The first-order valence-electron chi connectivity index (χ1n) is 6.51. The predicted octanol–water partition coefficient (Wildman–Crippen LogP) is 3.80. The van der Waals surface area contributed by atoms with E-state index in [1.54, 1.807) is 0 Å². The molecule has 0 spiro atoms. The first-order valence-corrected chi connectivity index (χ1v) is 6.89. The van der Waals surface area contributed by atoms with E-state index in [-0.39, 0.29) is 5.91 Å². The molecule has 0 aliphatic carbocycles. The highest BCUT2D eigenvalue weighted by Gasteiger charge is 2.18. The fourth-order valence-electron chi connectivity index (χ4n) is 2.27. The summed E-state index contributed by atoms with van der Waals surface area (Å²) in [4.78, 5) is 11.4. The molecule has 1 amide bonds. The Kier molecular flexibility index (Phi) is 3.61. The van der Waals surface area contributed by atoms with Crippen LogP contribution >= 0.6 is 11.6 Å². The normalized spacial score (nSPS) is 13.6. The lowest BCUT2D eigenvalue weighted by atomic mass is 10.0. The molecule has 4 heteroatoms. The Balaban J connectivity index is 1.76. The van der Waals surface area contributed by atoms with E-state index in [4.69, 9.17) is 16.3 Å². The Bertz CT molecular complexity index is 637. The number of carbonyl (C=O) groups excluding carboxylic acids is 1. The third kappa shape index (κ3) is 2.78. The van der Waals surface area contributed by atoms with Crippen LogP contribution in [0.1, 0.15) is 17.5 Å². The number of carbonyl (C=O) groups is 1. The van der Waals surface area contributed by atoms with Crippen LogP contribution in [0.3, 0.4) is 0 Å². The summed E-state index contributed by atoms with van der Waals surface area (Å²) in [7, 11) is 0. The minimum absolute atomic E-state index is 0.0624. The number of hydrogen-bond acceptors (Lipinski definition) is 2. The molecule has 1 aliphatic rings. The summed E-state index contributed by atoms with van der Waals surface area (Å²) in [5.74, 6) is 0.893. The highest BCUT2D eigenvalue weighted by Crippen LogP contribution is 2.31. The molecule has 0 saturated heterocycles. The zero-order valence-corrected chi connectivity index (χ0v) is 11.6. The molecule has 0 saturated carbocycles. The largest absolute Gasteiger partial charge is 0.489 e. The van der Waals surface area contributed by atoms with Gasteiger partial charge in [0.1, 0.15) is 12.4 Å². The zero-order chi connectivity index (χ0) is 13.9. The molecule has 0 fully saturated rings. The third-order valence-electron chi connectivity index (χ3n) is 3.32. The van der Waals surface area contributed by atoms with E-state index in [2.05, 4.69) is 5.32 Å². The third-order valence-corrected chi connectivity index (χ3v) is 3.57. The quantitative estimate of drug-likeness (QED) is 0.932. The van der Waals surface area contributed by atoms with Gasteiger partial charge < -0.3 is 10.1 Å². The second kappa shape index (κ2) is 5.55. The van der Waals surface area contributed by atoms with Crippen LogP contribution in [0.25, 0.3) is 0 Å². The fraction of sp³-hybridized carbons (Fsp3) is 0.188. The van der Waals surface area contributed by atoms with E-state index >= 15 is 0 Å². The average Bonchev–Trinajstić information content (AvgIpc) is 2.46. The summed E-state index contributed by atoms with van der Waals surface area (Å²) >= 11 is 5.86. The van der Waals surface area contributed by atoms with Crippen LogP contribution in [0.4, 0.5) is 5.69 Å². The number of rotatable bonds is 3. The number of halogens is 1. The van der Waals surface area contributed by atoms with Crippen molar-refractivity contribution in [1.29, 1.82) is 0 Å². The van der Waals surface area contributed by atoms with Crippen LogP contribution in [-0.4, -0.2) is 5.91 Å². The highest BCUT2D eigenvalue weighted by molar-refractivity contribution is 6.30. The topological polar surface area (TPSA) is 38.3 Å². The van der Waals surface area contributed by atoms with Gasteiger partial charge in [-0.2, -0.15) is 0 Å². The van der Waals surface area contributed by atoms with Crippen LogP contribution in [-0.2, 0) is 17.8 Å². The van der Waals surface area contributed by atoms with Crippen molar-refractivity contribution < 1.29 is 9.53 Å². The first-order chi connectivity index (χ1) is 9.72. The number of benzene rings is 2. The van der Waals surface area contributed by atoms with E-state index in [1.165, 1.54) is 0 Å². The Morgan fingerprint density at radius 1 is 1.10 bits per heavy atom. The molecule has 0 aromatic heterocycles. The molecule has 2 aromatic carbocycles. The minimum atomic E-state index is 0.0624. The van der Waals surface area contributed by atoms with Crippen LogP contribution in [0.2, 0.25) is 5.02 Å². The summed E-state index contributed by atoms with van der Waals surface area (Å²) in [6.07, 6.45) is 1.23. The molecular weight excluding hydrogens is 274 g/mol. The van der Waals surface area contributed by atoms with Gasteiger partial charge in [-0.05, 0) is 36.2 Å². The molecule has 2 aromatic rings.